The molecule has 0 saturated carbocycles. The predicted octanol–water partition coefficient (Wildman–Crippen LogP) is 0.897. The fourth-order valence-corrected chi connectivity index (χ4v) is 1.79. The number of aryl methyl sites for hydroxylation is 1. The molecule has 21 heavy (non-hydrogen) atoms. The molecular formula is C15H22N2O4. The largest absolute Gasteiger partial charge is 0.493 e. The highest BCUT2D eigenvalue weighted by atomic mass is 16.5. The molecule has 0 heterocycles. The maximum atomic E-state index is 11.4. The zero-order chi connectivity index (χ0) is 15.7. The van der Waals surface area contributed by atoms with Crippen LogP contribution < -0.4 is 10.1 Å². The van der Waals surface area contributed by atoms with Crippen molar-refractivity contribution in [3.63, 3.8) is 0 Å². The van der Waals surface area contributed by atoms with Crippen molar-refractivity contribution in [2.45, 2.75) is 13.3 Å². The second-order valence-electron chi connectivity index (χ2n) is 4.88. The van der Waals surface area contributed by atoms with Gasteiger partial charge in [-0.2, -0.15) is 0 Å². The summed E-state index contributed by atoms with van der Waals surface area (Å²) in [6.07, 6.45) is 0.789. The first-order valence-electron chi connectivity index (χ1n) is 6.84. The predicted molar refractivity (Wildman–Crippen MR) is 79.4 cm³/mol. The molecule has 0 aliphatic heterocycles. The number of likely N-dealkylation sites (N-methyl/N-ethyl adjacent to an activating group) is 1. The number of aliphatic carboxylic acids is 1. The van der Waals surface area contributed by atoms with Crippen molar-refractivity contribution in [2.75, 3.05) is 33.3 Å². The molecule has 0 saturated heterocycles. The molecule has 0 aromatic heterocycles. The van der Waals surface area contributed by atoms with E-state index in [4.69, 9.17) is 9.84 Å². The molecular weight excluding hydrogens is 272 g/mol. The van der Waals surface area contributed by atoms with Gasteiger partial charge in [-0.05, 0) is 32.0 Å². The SMILES string of the molecule is Cc1ccccc1OCCCN(C)CC(=O)NCC(=O)O. The number of carbonyl (C=O) groups excluding carboxylic acids is 1. The number of amides is 1. The van der Waals surface area contributed by atoms with E-state index in [0.29, 0.717) is 13.2 Å². The number of rotatable bonds is 9. The summed E-state index contributed by atoms with van der Waals surface area (Å²) in [6.45, 7) is 3.10. The number of ether oxygens (including phenoxy) is 1. The Bertz CT molecular complexity index is 476. The molecule has 0 atom stereocenters. The van der Waals surface area contributed by atoms with Gasteiger partial charge in [-0.3, -0.25) is 14.5 Å². The van der Waals surface area contributed by atoms with Gasteiger partial charge in [-0.25, -0.2) is 0 Å². The number of para-hydroxylation sites is 1. The highest BCUT2D eigenvalue weighted by Gasteiger charge is 2.07. The zero-order valence-electron chi connectivity index (χ0n) is 12.5. The minimum atomic E-state index is -1.04. The Morgan fingerprint density at radius 3 is 2.71 bits per heavy atom. The number of benzene rings is 1. The van der Waals surface area contributed by atoms with E-state index in [2.05, 4.69) is 5.32 Å². The fourth-order valence-electron chi connectivity index (χ4n) is 1.79. The molecule has 0 radical (unpaired) electrons. The van der Waals surface area contributed by atoms with Crippen LogP contribution in [0.5, 0.6) is 5.75 Å². The summed E-state index contributed by atoms with van der Waals surface area (Å²) >= 11 is 0. The van der Waals surface area contributed by atoms with Crippen molar-refractivity contribution < 1.29 is 19.4 Å². The molecule has 1 aromatic carbocycles. The van der Waals surface area contributed by atoms with Crippen LogP contribution in [0, 0.1) is 6.92 Å². The lowest BCUT2D eigenvalue weighted by atomic mass is 10.2. The highest BCUT2D eigenvalue weighted by molar-refractivity contribution is 5.82. The van der Waals surface area contributed by atoms with Crippen LogP contribution in [0.2, 0.25) is 0 Å². The van der Waals surface area contributed by atoms with E-state index in [1.165, 1.54) is 0 Å². The molecule has 0 spiro atoms. The number of carboxylic acid groups (broad SMARTS) is 1. The third-order valence-electron chi connectivity index (χ3n) is 2.89. The molecule has 0 aliphatic carbocycles. The minimum absolute atomic E-state index is 0.178. The molecule has 0 bridgehead atoms. The van der Waals surface area contributed by atoms with Crippen LogP contribution in [0.25, 0.3) is 0 Å². The van der Waals surface area contributed by atoms with E-state index in [1.807, 2.05) is 43.1 Å². The number of carbonyl (C=O) groups is 2. The molecule has 6 nitrogen and oxygen atoms in total. The topological polar surface area (TPSA) is 78.9 Å². The maximum absolute atomic E-state index is 11.4. The van der Waals surface area contributed by atoms with Crippen molar-refractivity contribution in [1.29, 1.82) is 0 Å². The van der Waals surface area contributed by atoms with E-state index >= 15 is 0 Å². The summed E-state index contributed by atoms with van der Waals surface area (Å²) in [7, 11) is 1.81. The van der Waals surface area contributed by atoms with Crippen molar-refractivity contribution in [1.82, 2.24) is 10.2 Å². The van der Waals surface area contributed by atoms with Gasteiger partial charge in [0, 0.05) is 6.54 Å². The Morgan fingerprint density at radius 2 is 2.05 bits per heavy atom. The first-order valence-corrected chi connectivity index (χ1v) is 6.84. The number of hydrogen-bond acceptors (Lipinski definition) is 4. The van der Waals surface area contributed by atoms with Gasteiger partial charge in [0.1, 0.15) is 12.3 Å². The van der Waals surface area contributed by atoms with E-state index < -0.39 is 5.97 Å². The number of nitrogens with zero attached hydrogens (tertiary/aromatic N) is 1. The summed E-state index contributed by atoms with van der Waals surface area (Å²) in [5, 5.41) is 10.8. The molecule has 1 aromatic rings. The minimum Gasteiger partial charge on any atom is -0.493 e. The van der Waals surface area contributed by atoms with Crippen molar-refractivity contribution in [2.24, 2.45) is 0 Å². The molecule has 1 rings (SSSR count). The Labute approximate surface area is 124 Å². The number of nitrogens with one attached hydrogen (secondary N) is 1. The Balaban J connectivity index is 2.16. The van der Waals surface area contributed by atoms with Crippen LogP contribution in [0.1, 0.15) is 12.0 Å². The van der Waals surface area contributed by atoms with E-state index in [1.54, 1.807) is 0 Å². The average molecular weight is 294 g/mol. The van der Waals surface area contributed by atoms with Crippen molar-refractivity contribution in [3.8, 4) is 5.75 Å². The summed E-state index contributed by atoms with van der Waals surface area (Å²) < 4.78 is 5.67. The summed E-state index contributed by atoms with van der Waals surface area (Å²) in [4.78, 5) is 23.6. The second-order valence-corrected chi connectivity index (χ2v) is 4.88. The van der Waals surface area contributed by atoms with Crippen molar-refractivity contribution in [3.05, 3.63) is 29.8 Å². The maximum Gasteiger partial charge on any atom is 0.322 e. The Kier molecular flexibility index (Phi) is 7.25. The normalized spacial score (nSPS) is 10.4. The average Bonchev–Trinajstić information content (AvgIpc) is 2.43. The van der Waals surface area contributed by atoms with Gasteiger partial charge in [0.15, 0.2) is 0 Å². The Hall–Kier alpha value is -2.08. The molecule has 1 amide bonds. The molecule has 6 heteroatoms. The van der Waals surface area contributed by atoms with Crippen molar-refractivity contribution >= 4 is 11.9 Å². The monoisotopic (exact) mass is 294 g/mol. The number of carboxylic acids is 1. The summed E-state index contributed by atoms with van der Waals surface area (Å²) in [5.74, 6) is -0.461. The van der Waals surface area contributed by atoms with Crippen LogP contribution in [-0.2, 0) is 9.59 Å². The lowest BCUT2D eigenvalue weighted by Gasteiger charge is -2.16. The van der Waals surface area contributed by atoms with Crippen LogP contribution in [0.3, 0.4) is 0 Å². The van der Waals surface area contributed by atoms with Gasteiger partial charge >= 0.3 is 5.97 Å². The summed E-state index contributed by atoms with van der Waals surface area (Å²) in [5.41, 5.74) is 1.10. The van der Waals surface area contributed by atoms with Gasteiger partial charge < -0.3 is 15.2 Å². The first kappa shape index (κ1) is 17.0. The van der Waals surface area contributed by atoms with E-state index in [0.717, 1.165) is 17.7 Å². The fraction of sp³-hybridized carbons (Fsp3) is 0.467. The molecule has 0 unspecified atom stereocenters. The third kappa shape index (κ3) is 7.31. The smallest absolute Gasteiger partial charge is 0.322 e. The molecule has 2 N–H and O–H groups in total. The Morgan fingerprint density at radius 1 is 1.33 bits per heavy atom. The van der Waals surface area contributed by atoms with Crippen LogP contribution in [0.4, 0.5) is 0 Å². The quantitative estimate of drug-likeness (QED) is 0.662. The number of hydrogen-bond donors (Lipinski definition) is 2. The van der Waals surface area contributed by atoms with E-state index in [9.17, 15) is 9.59 Å². The third-order valence-corrected chi connectivity index (χ3v) is 2.89. The summed E-state index contributed by atoms with van der Waals surface area (Å²) in [6, 6.07) is 7.82. The van der Waals surface area contributed by atoms with Gasteiger partial charge in [0.2, 0.25) is 5.91 Å². The van der Waals surface area contributed by atoms with Gasteiger partial charge in [-0.1, -0.05) is 18.2 Å². The van der Waals surface area contributed by atoms with Crippen LogP contribution >= 0.6 is 0 Å². The van der Waals surface area contributed by atoms with Crippen LogP contribution in [0.15, 0.2) is 24.3 Å². The lowest BCUT2D eigenvalue weighted by molar-refractivity contribution is -0.138. The highest BCUT2D eigenvalue weighted by Crippen LogP contribution is 2.16. The van der Waals surface area contributed by atoms with Gasteiger partial charge in [-0.15, -0.1) is 0 Å². The van der Waals surface area contributed by atoms with Gasteiger partial charge in [0.25, 0.3) is 0 Å². The van der Waals surface area contributed by atoms with Crippen LogP contribution in [-0.4, -0.2) is 55.2 Å². The zero-order valence-corrected chi connectivity index (χ0v) is 12.5. The molecule has 116 valence electrons. The second kappa shape index (κ2) is 8.97. The molecule has 0 aliphatic rings. The molecule has 0 fully saturated rings. The first-order chi connectivity index (χ1) is 9.99. The lowest BCUT2D eigenvalue weighted by Crippen LogP contribution is -2.38. The standard InChI is InChI=1S/C15H22N2O4/c1-12-6-3-4-7-13(12)21-9-5-8-17(2)11-14(18)16-10-15(19)20/h3-4,6-7H,5,8-11H2,1-2H3,(H,16,18)(H,19,20). The van der Waals surface area contributed by atoms with Gasteiger partial charge in [0.05, 0.1) is 13.2 Å². The van der Waals surface area contributed by atoms with E-state index in [-0.39, 0.29) is 19.0 Å².